The Balaban J connectivity index is 2.09. The van der Waals surface area contributed by atoms with Crippen LogP contribution < -0.4 is 16.0 Å². The summed E-state index contributed by atoms with van der Waals surface area (Å²) in [5.74, 6) is 1.43. The smallest absolute Gasteiger partial charge is 0.231 e. The summed E-state index contributed by atoms with van der Waals surface area (Å²) in [6.45, 7) is 4.56. The van der Waals surface area contributed by atoms with Crippen molar-refractivity contribution >= 4 is 17.8 Å². The van der Waals surface area contributed by atoms with Gasteiger partial charge in [0.2, 0.25) is 17.8 Å². The van der Waals surface area contributed by atoms with Crippen molar-refractivity contribution in [2.24, 2.45) is 0 Å². The van der Waals surface area contributed by atoms with E-state index in [1.807, 2.05) is 6.92 Å². The van der Waals surface area contributed by atoms with Gasteiger partial charge in [-0.25, -0.2) is 0 Å². The number of methoxy groups -OCH3 is 1. The fourth-order valence-electron chi connectivity index (χ4n) is 2.19. The van der Waals surface area contributed by atoms with Crippen LogP contribution in [0.3, 0.4) is 0 Å². The molecule has 1 unspecified atom stereocenters. The van der Waals surface area contributed by atoms with Gasteiger partial charge < -0.3 is 20.7 Å². The summed E-state index contributed by atoms with van der Waals surface area (Å²) in [5, 5.41) is 3.17. The first-order valence-corrected chi connectivity index (χ1v) is 6.71. The number of hydrogen-bond donors (Lipinski definition) is 2. The van der Waals surface area contributed by atoms with Gasteiger partial charge in [0.15, 0.2) is 0 Å². The first-order valence-electron chi connectivity index (χ1n) is 6.71. The van der Waals surface area contributed by atoms with Crippen molar-refractivity contribution in [3.05, 3.63) is 0 Å². The van der Waals surface area contributed by atoms with Crippen LogP contribution in [0.2, 0.25) is 0 Å². The van der Waals surface area contributed by atoms with Gasteiger partial charge in [0, 0.05) is 26.2 Å². The van der Waals surface area contributed by atoms with Crippen LogP contribution in [0.25, 0.3) is 0 Å². The van der Waals surface area contributed by atoms with Crippen LogP contribution in [0, 0.1) is 0 Å². The average molecular weight is 266 g/mol. The second kappa shape index (κ2) is 6.51. The minimum absolute atomic E-state index is 0.126. The van der Waals surface area contributed by atoms with Crippen LogP contribution in [0.1, 0.15) is 26.2 Å². The zero-order chi connectivity index (χ0) is 13.7. The summed E-state index contributed by atoms with van der Waals surface area (Å²) in [6.07, 6.45) is 3.62. The van der Waals surface area contributed by atoms with Crippen LogP contribution in [0.4, 0.5) is 17.8 Å². The molecule has 7 heteroatoms. The minimum Gasteiger partial charge on any atom is -0.383 e. The quantitative estimate of drug-likeness (QED) is 0.818. The number of anilines is 3. The maximum absolute atomic E-state index is 5.76. The molecule has 0 amide bonds. The molecule has 1 aliphatic rings. The molecule has 1 aliphatic heterocycles. The normalized spacial score (nSPS) is 17.3. The van der Waals surface area contributed by atoms with E-state index in [4.69, 9.17) is 10.5 Å². The molecule has 1 saturated heterocycles. The predicted molar refractivity (Wildman–Crippen MR) is 75.3 cm³/mol. The molecular weight excluding hydrogens is 244 g/mol. The predicted octanol–water partition coefficient (Wildman–Crippen LogP) is 0.891. The molecule has 1 aromatic rings. The lowest BCUT2D eigenvalue weighted by Gasteiger charge is -2.27. The number of nitrogens with zero attached hydrogens (tertiary/aromatic N) is 4. The van der Waals surface area contributed by atoms with E-state index in [9.17, 15) is 0 Å². The van der Waals surface area contributed by atoms with E-state index in [0.717, 1.165) is 13.1 Å². The number of hydrogen-bond acceptors (Lipinski definition) is 7. The maximum Gasteiger partial charge on any atom is 0.231 e. The van der Waals surface area contributed by atoms with E-state index < -0.39 is 0 Å². The highest BCUT2D eigenvalue weighted by molar-refractivity contribution is 5.42. The van der Waals surface area contributed by atoms with Crippen molar-refractivity contribution in [3.8, 4) is 0 Å². The zero-order valence-electron chi connectivity index (χ0n) is 11.6. The zero-order valence-corrected chi connectivity index (χ0v) is 11.6. The molecule has 3 N–H and O–H groups in total. The third-order valence-corrected chi connectivity index (χ3v) is 3.07. The van der Waals surface area contributed by atoms with E-state index in [0.29, 0.717) is 18.5 Å². The highest BCUT2D eigenvalue weighted by Gasteiger charge is 2.16. The summed E-state index contributed by atoms with van der Waals surface area (Å²) in [6, 6.07) is 0.126. The van der Waals surface area contributed by atoms with Gasteiger partial charge in [-0.05, 0) is 26.2 Å². The van der Waals surface area contributed by atoms with Crippen molar-refractivity contribution in [1.82, 2.24) is 15.0 Å². The molecule has 0 spiro atoms. The van der Waals surface area contributed by atoms with Crippen molar-refractivity contribution in [3.63, 3.8) is 0 Å². The summed E-state index contributed by atoms with van der Waals surface area (Å²) in [4.78, 5) is 14.9. The Kier molecular flexibility index (Phi) is 4.73. The lowest BCUT2D eigenvalue weighted by molar-refractivity contribution is 0.190. The Labute approximate surface area is 113 Å². The Morgan fingerprint density at radius 3 is 2.68 bits per heavy atom. The molecule has 19 heavy (non-hydrogen) atoms. The van der Waals surface area contributed by atoms with Gasteiger partial charge >= 0.3 is 0 Å². The minimum atomic E-state index is 0.126. The number of nitrogens with one attached hydrogen (secondary N) is 1. The summed E-state index contributed by atoms with van der Waals surface area (Å²) < 4.78 is 5.08. The van der Waals surface area contributed by atoms with Gasteiger partial charge in [0.1, 0.15) is 0 Å². The largest absolute Gasteiger partial charge is 0.383 e. The number of rotatable bonds is 5. The van der Waals surface area contributed by atoms with E-state index in [-0.39, 0.29) is 12.0 Å². The summed E-state index contributed by atoms with van der Waals surface area (Å²) in [7, 11) is 1.67. The Morgan fingerprint density at radius 1 is 1.26 bits per heavy atom. The maximum atomic E-state index is 5.76. The number of nitrogens with two attached hydrogens (primary N) is 1. The van der Waals surface area contributed by atoms with Crippen molar-refractivity contribution in [1.29, 1.82) is 0 Å². The standard InChI is InChI=1S/C12H22N6O/c1-9(8-19-2)14-11-15-10(13)16-12(17-11)18-6-4-3-5-7-18/h9H,3-8H2,1-2H3,(H3,13,14,15,16,17). The second-order valence-electron chi connectivity index (χ2n) is 4.87. The van der Waals surface area contributed by atoms with Gasteiger partial charge in [0.05, 0.1) is 6.61 Å². The first kappa shape index (κ1) is 13.8. The van der Waals surface area contributed by atoms with Crippen molar-refractivity contribution in [2.45, 2.75) is 32.2 Å². The molecule has 0 aliphatic carbocycles. The molecule has 7 nitrogen and oxygen atoms in total. The summed E-state index contributed by atoms with van der Waals surface area (Å²) in [5.41, 5.74) is 5.76. The molecule has 0 bridgehead atoms. The Morgan fingerprint density at radius 2 is 2.00 bits per heavy atom. The van der Waals surface area contributed by atoms with Crippen LogP contribution >= 0.6 is 0 Å². The molecular formula is C12H22N6O. The number of ether oxygens (including phenoxy) is 1. The molecule has 0 radical (unpaired) electrons. The van der Waals surface area contributed by atoms with Crippen molar-refractivity contribution < 1.29 is 4.74 Å². The lowest BCUT2D eigenvalue weighted by Crippen LogP contribution is -2.32. The molecule has 1 aromatic heterocycles. The van der Waals surface area contributed by atoms with Crippen LogP contribution in [0.15, 0.2) is 0 Å². The van der Waals surface area contributed by atoms with Gasteiger partial charge in [-0.1, -0.05) is 0 Å². The van der Waals surface area contributed by atoms with Crippen LogP contribution in [0.5, 0.6) is 0 Å². The Hall–Kier alpha value is -1.63. The highest BCUT2D eigenvalue weighted by atomic mass is 16.5. The van der Waals surface area contributed by atoms with E-state index in [1.165, 1.54) is 19.3 Å². The molecule has 0 saturated carbocycles. The second-order valence-corrected chi connectivity index (χ2v) is 4.87. The van der Waals surface area contributed by atoms with Gasteiger partial charge in [-0.15, -0.1) is 0 Å². The van der Waals surface area contributed by atoms with Gasteiger partial charge in [0.25, 0.3) is 0 Å². The first-order chi connectivity index (χ1) is 9.19. The highest BCUT2D eigenvalue weighted by Crippen LogP contribution is 2.17. The molecule has 1 atom stereocenters. The molecule has 0 aromatic carbocycles. The van der Waals surface area contributed by atoms with Crippen LogP contribution in [-0.2, 0) is 4.74 Å². The van der Waals surface area contributed by atoms with Crippen molar-refractivity contribution in [2.75, 3.05) is 42.8 Å². The number of piperidine rings is 1. The van der Waals surface area contributed by atoms with Crippen LogP contribution in [-0.4, -0.2) is 47.8 Å². The Bertz CT molecular complexity index is 407. The fourth-order valence-corrected chi connectivity index (χ4v) is 2.19. The number of aromatic nitrogens is 3. The fraction of sp³-hybridized carbons (Fsp3) is 0.750. The third kappa shape index (κ3) is 3.92. The topological polar surface area (TPSA) is 89.2 Å². The van der Waals surface area contributed by atoms with Gasteiger partial charge in [-0.3, -0.25) is 0 Å². The molecule has 2 heterocycles. The summed E-state index contributed by atoms with van der Waals surface area (Å²) >= 11 is 0. The molecule has 2 rings (SSSR count). The SMILES string of the molecule is COCC(C)Nc1nc(N)nc(N2CCCCC2)n1. The van der Waals surface area contributed by atoms with E-state index >= 15 is 0 Å². The molecule has 106 valence electrons. The van der Waals surface area contributed by atoms with E-state index in [2.05, 4.69) is 25.2 Å². The monoisotopic (exact) mass is 266 g/mol. The third-order valence-electron chi connectivity index (χ3n) is 3.07. The molecule has 1 fully saturated rings. The number of nitrogen functional groups attached to an aromatic ring is 1. The van der Waals surface area contributed by atoms with E-state index in [1.54, 1.807) is 7.11 Å². The lowest BCUT2D eigenvalue weighted by atomic mass is 10.1. The van der Waals surface area contributed by atoms with Gasteiger partial charge in [-0.2, -0.15) is 15.0 Å². The average Bonchev–Trinajstić information content (AvgIpc) is 2.39.